The van der Waals surface area contributed by atoms with Crippen molar-refractivity contribution in [1.29, 1.82) is 5.26 Å². The summed E-state index contributed by atoms with van der Waals surface area (Å²) in [6.45, 7) is 2.86. The minimum absolute atomic E-state index is 0.197. The van der Waals surface area contributed by atoms with Crippen LogP contribution in [0.5, 0.6) is 0 Å². The second kappa shape index (κ2) is 6.07. The van der Waals surface area contributed by atoms with E-state index < -0.39 is 0 Å². The van der Waals surface area contributed by atoms with Crippen molar-refractivity contribution >= 4 is 22.4 Å². The standard InChI is InChI=1S/C16H16N2O2/c1-3-18(11-16(19)20-2)15-9-8-12(10-17)13-6-4-5-7-14(13)15/h4-9H,3,11H2,1-2H3. The van der Waals surface area contributed by atoms with E-state index in [2.05, 4.69) is 6.07 Å². The van der Waals surface area contributed by atoms with Gasteiger partial charge in [-0.2, -0.15) is 5.26 Å². The number of likely N-dealkylation sites (N-methyl/N-ethyl adjacent to an activating group) is 1. The fourth-order valence-electron chi connectivity index (χ4n) is 2.24. The van der Waals surface area contributed by atoms with Gasteiger partial charge in [0, 0.05) is 23.0 Å². The molecule has 0 aromatic heterocycles. The molecule has 0 unspecified atom stereocenters. The molecule has 0 fully saturated rings. The Morgan fingerprint density at radius 2 is 1.95 bits per heavy atom. The van der Waals surface area contributed by atoms with Crippen molar-refractivity contribution in [3.63, 3.8) is 0 Å². The fraction of sp³-hybridized carbons (Fsp3) is 0.250. The number of methoxy groups -OCH3 is 1. The summed E-state index contributed by atoms with van der Waals surface area (Å²) < 4.78 is 4.73. The Morgan fingerprint density at radius 1 is 1.25 bits per heavy atom. The third kappa shape index (κ3) is 2.57. The third-order valence-electron chi connectivity index (χ3n) is 3.29. The van der Waals surface area contributed by atoms with Crippen molar-refractivity contribution in [2.24, 2.45) is 0 Å². The fourth-order valence-corrected chi connectivity index (χ4v) is 2.24. The molecule has 4 heteroatoms. The lowest BCUT2D eigenvalue weighted by molar-refractivity contribution is -0.138. The van der Waals surface area contributed by atoms with E-state index in [0.29, 0.717) is 12.1 Å². The molecule has 4 nitrogen and oxygen atoms in total. The highest BCUT2D eigenvalue weighted by molar-refractivity contribution is 5.98. The molecule has 2 aromatic rings. The summed E-state index contributed by atoms with van der Waals surface area (Å²) in [6.07, 6.45) is 0. The molecule has 20 heavy (non-hydrogen) atoms. The molecule has 0 N–H and O–H groups in total. The third-order valence-corrected chi connectivity index (χ3v) is 3.29. The van der Waals surface area contributed by atoms with Crippen LogP contribution in [0.3, 0.4) is 0 Å². The predicted molar refractivity (Wildman–Crippen MR) is 78.6 cm³/mol. The molecule has 0 amide bonds. The van der Waals surface area contributed by atoms with Gasteiger partial charge in [0.2, 0.25) is 0 Å². The molecule has 0 aliphatic heterocycles. The summed E-state index contributed by atoms with van der Waals surface area (Å²) in [5.41, 5.74) is 1.57. The van der Waals surface area contributed by atoms with Gasteiger partial charge >= 0.3 is 5.97 Å². The monoisotopic (exact) mass is 268 g/mol. The summed E-state index contributed by atoms with van der Waals surface area (Å²) >= 11 is 0. The van der Waals surface area contributed by atoms with Crippen molar-refractivity contribution in [3.8, 4) is 6.07 Å². The number of nitrogens with zero attached hydrogens (tertiary/aromatic N) is 2. The van der Waals surface area contributed by atoms with E-state index in [1.54, 1.807) is 6.07 Å². The number of ether oxygens (including phenoxy) is 1. The Kier molecular flexibility index (Phi) is 4.21. The molecule has 2 aromatic carbocycles. The first kappa shape index (κ1) is 13.9. The molecule has 0 atom stereocenters. The van der Waals surface area contributed by atoms with Crippen molar-refractivity contribution in [2.75, 3.05) is 25.1 Å². The Morgan fingerprint density at radius 3 is 2.55 bits per heavy atom. The largest absolute Gasteiger partial charge is 0.468 e. The van der Waals surface area contributed by atoms with Gasteiger partial charge in [0.05, 0.1) is 18.7 Å². The van der Waals surface area contributed by atoms with Crippen molar-refractivity contribution in [1.82, 2.24) is 0 Å². The summed E-state index contributed by atoms with van der Waals surface area (Å²) in [7, 11) is 1.38. The quantitative estimate of drug-likeness (QED) is 0.800. The zero-order chi connectivity index (χ0) is 14.5. The Labute approximate surface area is 118 Å². The molecule has 0 saturated carbocycles. The molecular formula is C16H16N2O2. The van der Waals surface area contributed by atoms with E-state index >= 15 is 0 Å². The van der Waals surface area contributed by atoms with Crippen molar-refractivity contribution in [2.45, 2.75) is 6.92 Å². The highest BCUT2D eigenvalue weighted by atomic mass is 16.5. The molecule has 0 aliphatic rings. The van der Waals surface area contributed by atoms with Crippen LogP contribution in [0.2, 0.25) is 0 Å². The molecule has 0 saturated heterocycles. The predicted octanol–water partition coefficient (Wildman–Crippen LogP) is 2.71. The van der Waals surface area contributed by atoms with E-state index in [1.165, 1.54) is 7.11 Å². The van der Waals surface area contributed by atoms with Gasteiger partial charge in [-0.3, -0.25) is 4.79 Å². The minimum atomic E-state index is -0.278. The minimum Gasteiger partial charge on any atom is -0.468 e. The second-order valence-electron chi connectivity index (χ2n) is 4.38. The SMILES string of the molecule is CCN(CC(=O)OC)c1ccc(C#N)c2ccccc12. The van der Waals surface area contributed by atoms with Crippen molar-refractivity contribution < 1.29 is 9.53 Å². The zero-order valence-electron chi connectivity index (χ0n) is 11.6. The van der Waals surface area contributed by atoms with Crippen LogP contribution in [0, 0.1) is 11.3 Å². The summed E-state index contributed by atoms with van der Waals surface area (Å²) in [5.74, 6) is -0.278. The van der Waals surface area contributed by atoms with E-state index in [4.69, 9.17) is 10.00 Å². The molecular weight excluding hydrogens is 252 g/mol. The van der Waals surface area contributed by atoms with Gasteiger partial charge in [-0.15, -0.1) is 0 Å². The van der Waals surface area contributed by atoms with Crippen LogP contribution in [-0.4, -0.2) is 26.2 Å². The number of hydrogen-bond acceptors (Lipinski definition) is 4. The van der Waals surface area contributed by atoms with Crippen LogP contribution >= 0.6 is 0 Å². The van der Waals surface area contributed by atoms with Gasteiger partial charge in [-0.05, 0) is 19.1 Å². The average Bonchev–Trinajstić information content (AvgIpc) is 2.51. The molecule has 0 bridgehead atoms. The number of rotatable bonds is 4. The van der Waals surface area contributed by atoms with Gasteiger partial charge in [0.1, 0.15) is 6.54 Å². The van der Waals surface area contributed by atoms with Gasteiger partial charge in [-0.25, -0.2) is 0 Å². The first-order chi connectivity index (χ1) is 9.71. The first-order valence-corrected chi connectivity index (χ1v) is 6.44. The van der Waals surface area contributed by atoms with Gasteiger partial charge < -0.3 is 9.64 Å². The Bertz CT molecular complexity index is 674. The molecule has 0 radical (unpaired) electrons. The number of fused-ring (bicyclic) bond motifs is 1. The summed E-state index contributed by atoms with van der Waals surface area (Å²) in [6, 6.07) is 13.6. The topological polar surface area (TPSA) is 53.3 Å². The Hall–Kier alpha value is -2.54. The lowest BCUT2D eigenvalue weighted by atomic mass is 10.0. The van der Waals surface area contributed by atoms with E-state index in [9.17, 15) is 4.79 Å². The normalized spacial score (nSPS) is 10.1. The van der Waals surface area contributed by atoms with E-state index in [1.807, 2.05) is 42.2 Å². The smallest absolute Gasteiger partial charge is 0.325 e. The van der Waals surface area contributed by atoms with Gasteiger partial charge in [0.25, 0.3) is 0 Å². The number of carbonyl (C=O) groups is 1. The number of esters is 1. The second-order valence-corrected chi connectivity index (χ2v) is 4.38. The van der Waals surface area contributed by atoms with Gasteiger partial charge in [0.15, 0.2) is 0 Å². The molecule has 0 aliphatic carbocycles. The average molecular weight is 268 g/mol. The van der Waals surface area contributed by atoms with Crippen LogP contribution in [0.1, 0.15) is 12.5 Å². The lowest BCUT2D eigenvalue weighted by Gasteiger charge is -2.23. The van der Waals surface area contributed by atoms with E-state index in [-0.39, 0.29) is 12.5 Å². The molecule has 0 heterocycles. The van der Waals surface area contributed by atoms with E-state index in [0.717, 1.165) is 16.5 Å². The highest BCUT2D eigenvalue weighted by Crippen LogP contribution is 2.29. The van der Waals surface area contributed by atoms with Crippen LogP contribution in [0.15, 0.2) is 36.4 Å². The number of nitriles is 1. The van der Waals surface area contributed by atoms with Crippen LogP contribution < -0.4 is 4.90 Å². The molecule has 2 rings (SSSR count). The van der Waals surface area contributed by atoms with Gasteiger partial charge in [-0.1, -0.05) is 24.3 Å². The van der Waals surface area contributed by atoms with Crippen LogP contribution in [-0.2, 0) is 9.53 Å². The Balaban J connectivity index is 2.54. The maximum Gasteiger partial charge on any atom is 0.325 e. The summed E-state index contributed by atoms with van der Waals surface area (Å²) in [5, 5.41) is 11.0. The number of anilines is 1. The molecule has 102 valence electrons. The highest BCUT2D eigenvalue weighted by Gasteiger charge is 2.14. The summed E-state index contributed by atoms with van der Waals surface area (Å²) in [4.78, 5) is 13.4. The first-order valence-electron chi connectivity index (χ1n) is 6.44. The molecule has 0 spiro atoms. The zero-order valence-corrected chi connectivity index (χ0v) is 11.6. The van der Waals surface area contributed by atoms with Crippen LogP contribution in [0.25, 0.3) is 10.8 Å². The maximum absolute atomic E-state index is 11.5. The van der Waals surface area contributed by atoms with Crippen LogP contribution in [0.4, 0.5) is 5.69 Å². The number of hydrogen-bond donors (Lipinski definition) is 0. The van der Waals surface area contributed by atoms with Crippen molar-refractivity contribution in [3.05, 3.63) is 42.0 Å². The maximum atomic E-state index is 11.5. The number of benzene rings is 2. The lowest BCUT2D eigenvalue weighted by Crippen LogP contribution is -2.30. The number of carbonyl (C=O) groups excluding carboxylic acids is 1.